The Morgan fingerprint density at radius 2 is 2.06 bits per heavy atom. The third kappa shape index (κ3) is 5.80. The van der Waals surface area contributed by atoms with Crippen LogP contribution in [-0.4, -0.2) is 29.3 Å². The summed E-state index contributed by atoms with van der Waals surface area (Å²) in [4.78, 5) is 4.34. The van der Waals surface area contributed by atoms with Crippen LogP contribution in [0.1, 0.15) is 32.0 Å². The maximum Gasteiger partial charge on any atom is 0.0719 e. The lowest BCUT2D eigenvalue weighted by molar-refractivity contribution is 0.169. The molecule has 0 aliphatic rings. The van der Waals surface area contributed by atoms with E-state index in [9.17, 15) is 5.11 Å². The highest BCUT2D eigenvalue weighted by molar-refractivity contribution is 5.14. The molecule has 1 aromatic rings. The molecule has 2 N–H and O–H groups in total. The first kappa shape index (κ1) is 14.1. The Morgan fingerprint density at radius 1 is 1.29 bits per heavy atom. The van der Waals surface area contributed by atoms with Crippen molar-refractivity contribution in [1.82, 2.24) is 10.3 Å². The summed E-state index contributed by atoms with van der Waals surface area (Å²) in [6.45, 7) is 8.00. The van der Waals surface area contributed by atoms with E-state index >= 15 is 0 Å². The fourth-order valence-corrected chi connectivity index (χ4v) is 1.64. The SMILES string of the molecule is CCc1ccc(CC(O)CNCC(C)C)nc1. The smallest absolute Gasteiger partial charge is 0.0719 e. The summed E-state index contributed by atoms with van der Waals surface area (Å²) in [5.74, 6) is 0.615. The van der Waals surface area contributed by atoms with E-state index in [4.69, 9.17) is 0 Å². The van der Waals surface area contributed by atoms with Gasteiger partial charge >= 0.3 is 0 Å². The third-order valence-electron chi connectivity index (χ3n) is 2.67. The zero-order chi connectivity index (χ0) is 12.7. The molecule has 0 aliphatic carbocycles. The van der Waals surface area contributed by atoms with Crippen molar-refractivity contribution in [3.63, 3.8) is 0 Å². The maximum absolute atomic E-state index is 9.84. The first-order valence-corrected chi connectivity index (χ1v) is 6.44. The van der Waals surface area contributed by atoms with Crippen molar-refractivity contribution in [2.24, 2.45) is 5.92 Å². The van der Waals surface area contributed by atoms with Crippen LogP contribution < -0.4 is 5.32 Å². The third-order valence-corrected chi connectivity index (χ3v) is 2.67. The molecular weight excluding hydrogens is 212 g/mol. The number of rotatable bonds is 7. The molecule has 3 heteroatoms. The predicted octanol–water partition coefficient (Wildman–Crippen LogP) is 1.79. The van der Waals surface area contributed by atoms with E-state index in [2.05, 4.69) is 37.1 Å². The Morgan fingerprint density at radius 3 is 2.59 bits per heavy atom. The lowest BCUT2D eigenvalue weighted by atomic mass is 10.1. The molecule has 0 saturated carbocycles. The fraction of sp³-hybridized carbons (Fsp3) is 0.643. The van der Waals surface area contributed by atoms with Crippen molar-refractivity contribution in [2.45, 2.75) is 39.7 Å². The molecule has 0 spiro atoms. The molecule has 17 heavy (non-hydrogen) atoms. The average Bonchev–Trinajstić information content (AvgIpc) is 2.29. The summed E-state index contributed by atoms with van der Waals surface area (Å²) < 4.78 is 0. The van der Waals surface area contributed by atoms with E-state index < -0.39 is 0 Å². The second-order valence-electron chi connectivity index (χ2n) is 4.92. The van der Waals surface area contributed by atoms with Gasteiger partial charge in [-0.1, -0.05) is 26.8 Å². The van der Waals surface area contributed by atoms with Gasteiger partial charge in [-0.05, 0) is 30.5 Å². The van der Waals surface area contributed by atoms with Gasteiger partial charge in [0.05, 0.1) is 6.10 Å². The van der Waals surface area contributed by atoms with Gasteiger partial charge in [0.1, 0.15) is 0 Å². The standard InChI is InChI=1S/C14H24N2O/c1-4-12-5-6-13(16-9-12)7-14(17)10-15-8-11(2)3/h5-6,9,11,14-15,17H,4,7-8,10H2,1-3H3. The van der Waals surface area contributed by atoms with E-state index in [1.54, 1.807) is 0 Å². The molecule has 1 atom stereocenters. The van der Waals surface area contributed by atoms with Gasteiger partial charge in [-0.3, -0.25) is 4.98 Å². The lowest BCUT2D eigenvalue weighted by Crippen LogP contribution is -2.31. The molecule has 0 radical (unpaired) electrons. The summed E-state index contributed by atoms with van der Waals surface area (Å²) in [7, 11) is 0. The summed E-state index contributed by atoms with van der Waals surface area (Å²) in [5, 5.41) is 13.1. The van der Waals surface area contributed by atoms with E-state index in [1.165, 1.54) is 5.56 Å². The van der Waals surface area contributed by atoms with Gasteiger partial charge in [0.25, 0.3) is 0 Å². The highest BCUT2D eigenvalue weighted by Gasteiger charge is 2.06. The molecule has 1 heterocycles. The van der Waals surface area contributed by atoms with Gasteiger partial charge in [0, 0.05) is 24.9 Å². The van der Waals surface area contributed by atoms with Crippen LogP contribution in [0.2, 0.25) is 0 Å². The Hall–Kier alpha value is -0.930. The molecule has 1 aromatic heterocycles. The molecular formula is C14H24N2O. The van der Waals surface area contributed by atoms with Crippen LogP contribution in [0.5, 0.6) is 0 Å². The van der Waals surface area contributed by atoms with Gasteiger partial charge in [-0.25, -0.2) is 0 Å². The minimum atomic E-state index is -0.353. The molecule has 0 fully saturated rings. The first-order valence-electron chi connectivity index (χ1n) is 6.44. The molecule has 0 aliphatic heterocycles. The van der Waals surface area contributed by atoms with Gasteiger partial charge in [-0.15, -0.1) is 0 Å². The fourth-order valence-electron chi connectivity index (χ4n) is 1.64. The zero-order valence-electron chi connectivity index (χ0n) is 11.1. The molecule has 0 amide bonds. The predicted molar refractivity (Wildman–Crippen MR) is 71.0 cm³/mol. The number of pyridine rings is 1. The quantitative estimate of drug-likeness (QED) is 0.758. The highest BCUT2D eigenvalue weighted by atomic mass is 16.3. The molecule has 0 aromatic carbocycles. The second kappa shape index (κ2) is 7.41. The van der Waals surface area contributed by atoms with Crippen LogP contribution in [0, 0.1) is 5.92 Å². The number of hydrogen-bond acceptors (Lipinski definition) is 3. The van der Waals surface area contributed by atoms with Crippen molar-refractivity contribution in [3.8, 4) is 0 Å². The molecule has 0 saturated heterocycles. The van der Waals surface area contributed by atoms with Gasteiger partial charge < -0.3 is 10.4 Å². The highest BCUT2D eigenvalue weighted by Crippen LogP contribution is 2.03. The average molecular weight is 236 g/mol. The van der Waals surface area contributed by atoms with E-state index in [-0.39, 0.29) is 6.10 Å². The van der Waals surface area contributed by atoms with Gasteiger partial charge in [0.15, 0.2) is 0 Å². The topological polar surface area (TPSA) is 45.1 Å². The molecule has 0 bridgehead atoms. The molecule has 3 nitrogen and oxygen atoms in total. The normalized spacial score (nSPS) is 13.0. The molecule has 1 rings (SSSR count). The Balaban J connectivity index is 2.31. The van der Waals surface area contributed by atoms with E-state index in [1.807, 2.05) is 12.3 Å². The van der Waals surface area contributed by atoms with Crippen LogP contribution in [0.4, 0.5) is 0 Å². The monoisotopic (exact) mass is 236 g/mol. The Bertz CT molecular complexity index is 309. The summed E-state index contributed by atoms with van der Waals surface area (Å²) in [6, 6.07) is 4.08. The summed E-state index contributed by atoms with van der Waals surface area (Å²) >= 11 is 0. The van der Waals surface area contributed by atoms with Crippen molar-refractivity contribution < 1.29 is 5.11 Å². The lowest BCUT2D eigenvalue weighted by Gasteiger charge is -2.13. The molecule has 1 unspecified atom stereocenters. The maximum atomic E-state index is 9.84. The van der Waals surface area contributed by atoms with Crippen LogP contribution in [0.3, 0.4) is 0 Å². The Kier molecular flexibility index (Phi) is 6.16. The number of hydrogen-bond donors (Lipinski definition) is 2. The largest absolute Gasteiger partial charge is 0.391 e. The van der Waals surface area contributed by atoms with Gasteiger partial charge in [-0.2, -0.15) is 0 Å². The Labute approximate surface area is 104 Å². The first-order chi connectivity index (χ1) is 8.11. The van der Waals surface area contributed by atoms with Crippen molar-refractivity contribution in [2.75, 3.05) is 13.1 Å². The summed E-state index contributed by atoms with van der Waals surface area (Å²) in [5.41, 5.74) is 2.20. The van der Waals surface area contributed by atoms with Crippen LogP contribution in [0.25, 0.3) is 0 Å². The van der Waals surface area contributed by atoms with E-state index in [0.29, 0.717) is 18.9 Å². The van der Waals surface area contributed by atoms with Crippen LogP contribution >= 0.6 is 0 Å². The number of aryl methyl sites for hydroxylation is 1. The number of aromatic nitrogens is 1. The summed E-state index contributed by atoms with van der Waals surface area (Å²) in [6.07, 6.45) is 3.17. The van der Waals surface area contributed by atoms with Crippen LogP contribution in [0.15, 0.2) is 18.3 Å². The number of nitrogens with zero attached hydrogens (tertiary/aromatic N) is 1. The van der Waals surface area contributed by atoms with Crippen molar-refractivity contribution in [1.29, 1.82) is 0 Å². The molecule has 96 valence electrons. The van der Waals surface area contributed by atoms with Crippen molar-refractivity contribution in [3.05, 3.63) is 29.6 Å². The van der Waals surface area contributed by atoms with Crippen LogP contribution in [-0.2, 0) is 12.8 Å². The van der Waals surface area contributed by atoms with E-state index in [0.717, 1.165) is 18.7 Å². The second-order valence-corrected chi connectivity index (χ2v) is 4.92. The minimum absolute atomic E-state index is 0.353. The van der Waals surface area contributed by atoms with Crippen molar-refractivity contribution >= 4 is 0 Å². The minimum Gasteiger partial charge on any atom is -0.391 e. The number of nitrogens with one attached hydrogen (secondary N) is 1. The zero-order valence-corrected chi connectivity index (χ0v) is 11.1. The van der Waals surface area contributed by atoms with Gasteiger partial charge in [0.2, 0.25) is 0 Å². The number of aliphatic hydroxyl groups is 1. The number of aliphatic hydroxyl groups excluding tert-OH is 1.